The molecule has 2 unspecified atom stereocenters. The molecule has 2 atom stereocenters. The summed E-state index contributed by atoms with van der Waals surface area (Å²) in [6, 6.07) is 11.9. The maximum Gasteiger partial charge on any atom is 0.415 e. The van der Waals surface area contributed by atoms with Crippen LogP contribution in [0.1, 0.15) is 96.8 Å². The van der Waals surface area contributed by atoms with Gasteiger partial charge >= 0.3 is 24.0 Å². The second-order valence-electron chi connectivity index (χ2n) is 13.8. The van der Waals surface area contributed by atoms with Gasteiger partial charge in [0.05, 0.1) is 18.9 Å². The predicted octanol–water partition coefficient (Wildman–Crippen LogP) is 6.09. The lowest BCUT2D eigenvalue weighted by atomic mass is 9.94. The number of hydrogen-bond donors (Lipinski definition) is 4. The number of amidine groups is 1. The van der Waals surface area contributed by atoms with Crippen LogP contribution in [0, 0.1) is 23.2 Å². The highest BCUT2D eigenvalue weighted by molar-refractivity contribution is 6.11. The van der Waals surface area contributed by atoms with E-state index in [2.05, 4.69) is 27.5 Å². The molecule has 4 N–H and O–H groups in total. The maximum atomic E-state index is 14.0. The van der Waals surface area contributed by atoms with Crippen molar-refractivity contribution in [3.05, 3.63) is 83.2 Å². The van der Waals surface area contributed by atoms with E-state index in [1.54, 1.807) is 27.7 Å². The fraction of sp³-hybridized carbons (Fsp3) is 0.366. The van der Waals surface area contributed by atoms with E-state index in [1.165, 1.54) is 75.6 Å². The van der Waals surface area contributed by atoms with Gasteiger partial charge in [0.15, 0.2) is 5.69 Å². The minimum atomic E-state index is -1.31. The van der Waals surface area contributed by atoms with Gasteiger partial charge in [-0.1, -0.05) is 40.3 Å². The number of amides is 3. The summed E-state index contributed by atoms with van der Waals surface area (Å²) in [5.74, 6) is -3.85. The molecule has 1 fully saturated rings. The molecule has 3 amide bonds. The fourth-order valence-corrected chi connectivity index (χ4v) is 5.08. The molecular weight excluding hydrogens is 738 g/mol. The Morgan fingerprint density at radius 2 is 1.44 bits per heavy atom. The molecule has 1 heterocycles. The summed E-state index contributed by atoms with van der Waals surface area (Å²) in [4.78, 5) is 81.5. The first-order valence-electron chi connectivity index (χ1n) is 18.2. The van der Waals surface area contributed by atoms with Crippen LogP contribution in [0.4, 0.5) is 10.5 Å². The monoisotopic (exact) mass is 785 g/mol. The number of nitrogens with zero attached hydrogens (tertiary/aromatic N) is 1. The summed E-state index contributed by atoms with van der Waals surface area (Å²) in [5, 5.41) is 16.1. The first-order valence-corrected chi connectivity index (χ1v) is 18.2. The maximum absolute atomic E-state index is 14.0. The number of rotatable bonds is 16. The molecule has 4 rings (SSSR count). The molecule has 3 aromatic rings. The second-order valence-corrected chi connectivity index (χ2v) is 13.8. The fourth-order valence-electron chi connectivity index (χ4n) is 5.08. The van der Waals surface area contributed by atoms with E-state index < -0.39 is 60.2 Å². The van der Waals surface area contributed by atoms with E-state index in [-0.39, 0.29) is 39.5 Å². The van der Waals surface area contributed by atoms with Gasteiger partial charge in [-0.2, -0.15) is 0 Å². The van der Waals surface area contributed by atoms with Gasteiger partial charge in [-0.05, 0) is 67.3 Å². The van der Waals surface area contributed by atoms with Gasteiger partial charge in [0.1, 0.15) is 17.3 Å². The zero-order valence-corrected chi connectivity index (χ0v) is 32.8. The number of carbonyl (C=O) groups is 6. The third-order valence-corrected chi connectivity index (χ3v) is 8.41. The van der Waals surface area contributed by atoms with E-state index in [9.17, 15) is 28.8 Å². The van der Waals surface area contributed by atoms with E-state index in [4.69, 9.17) is 29.1 Å². The Balaban J connectivity index is 1.63. The molecule has 302 valence electrons. The molecule has 1 aliphatic carbocycles. The minimum absolute atomic E-state index is 0.0558. The largest absolute Gasteiger partial charge is 0.496 e. The van der Waals surface area contributed by atoms with Crippen molar-refractivity contribution in [2.75, 3.05) is 19.0 Å². The van der Waals surface area contributed by atoms with Crippen molar-refractivity contribution in [3.8, 4) is 16.9 Å². The number of benzene rings is 2. The number of carbonyl (C=O) groups excluding carboxylic acids is 6. The van der Waals surface area contributed by atoms with Gasteiger partial charge in [0.2, 0.25) is 12.6 Å². The predicted molar refractivity (Wildman–Crippen MR) is 208 cm³/mol. The second kappa shape index (κ2) is 19.3. The highest BCUT2D eigenvalue weighted by atomic mass is 16.7. The van der Waals surface area contributed by atoms with E-state index >= 15 is 0 Å². The van der Waals surface area contributed by atoms with Crippen molar-refractivity contribution in [3.63, 3.8) is 0 Å². The van der Waals surface area contributed by atoms with Crippen LogP contribution in [0.5, 0.6) is 5.75 Å². The van der Waals surface area contributed by atoms with Gasteiger partial charge < -0.3 is 34.3 Å². The highest BCUT2D eigenvalue weighted by Gasteiger charge is 2.28. The molecule has 0 saturated heterocycles. The Kier molecular flexibility index (Phi) is 14.6. The lowest BCUT2D eigenvalue weighted by Gasteiger charge is -2.19. The number of methoxy groups -OCH3 is 1. The van der Waals surface area contributed by atoms with Crippen LogP contribution in [-0.4, -0.2) is 72.9 Å². The number of pyridine rings is 1. The van der Waals surface area contributed by atoms with Crippen LogP contribution < -0.4 is 20.7 Å². The molecule has 16 nitrogen and oxygen atoms in total. The van der Waals surface area contributed by atoms with Crippen molar-refractivity contribution in [1.29, 1.82) is 5.41 Å². The quantitative estimate of drug-likeness (QED) is 0.0561. The van der Waals surface area contributed by atoms with Crippen LogP contribution in [-0.2, 0) is 28.5 Å². The Bertz CT molecular complexity index is 2040. The lowest BCUT2D eigenvalue weighted by molar-refractivity contribution is -0.170. The number of ether oxygens (including phenoxy) is 5. The Morgan fingerprint density at radius 1 is 0.825 bits per heavy atom. The van der Waals surface area contributed by atoms with E-state index in [0.29, 0.717) is 29.5 Å². The Morgan fingerprint density at radius 3 is 2.00 bits per heavy atom. The topological polar surface area (TPSA) is 221 Å². The SMILES string of the molecule is C=Cc1cc(C(=O)Nc2ccc(C(=N)NC(=O)OC(C)OC(=O)C(C)C)cc2)c(-c2ccc(C(=O)NCC3CC3)nc2C(=O)OC(C)OC(=O)C(C)C)cc1OC. The number of alkyl carbamates (subject to hydrolysis) is 1. The average Bonchev–Trinajstić information content (AvgIpc) is 4.00. The average molecular weight is 786 g/mol. The standard InChI is InChI=1S/C41H47N5O11/c1-9-26-18-31(36(47)44-28-14-12-27(13-15-28)35(42)46-41(52)57-24(7)55-39(50)22(4)5)30(19-33(26)53-8)29-16-17-32(37(48)43-20-25-10-11-25)45-34(29)40(51)56-23(6)54-38(49)21(2)3/h9,12-19,21-25H,1,10-11,20H2,2-8H3,(H,43,48)(H,44,47)(H2,42,46,52). The van der Waals surface area contributed by atoms with Gasteiger partial charge in [-0.15, -0.1) is 0 Å². The summed E-state index contributed by atoms with van der Waals surface area (Å²) in [6.45, 7) is 13.5. The molecule has 0 aliphatic heterocycles. The van der Waals surface area contributed by atoms with E-state index in [1.807, 2.05) is 0 Å². The molecule has 1 saturated carbocycles. The van der Waals surface area contributed by atoms with Crippen LogP contribution in [0.15, 0.2) is 55.1 Å². The highest BCUT2D eigenvalue weighted by Crippen LogP contribution is 2.35. The number of nitrogens with one attached hydrogen (secondary N) is 4. The summed E-state index contributed by atoms with van der Waals surface area (Å²) in [5.41, 5.74) is 0.956. The molecule has 1 aliphatic rings. The number of anilines is 1. The van der Waals surface area contributed by atoms with Gasteiger partial charge in [-0.25, -0.2) is 14.6 Å². The lowest BCUT2D eigenvalue weighted by Crippen LogP contribution is -2.35. The Labute approximate surface area is 330 Å². The third-order valence-electron chi connectivity index (χ3n) is 8.41. The summed E-state index contributed by atoms with van der Waals surface area (Å²) in [7, 11) is 1.42. The molecule has 0 radical (unpaired) electrons. The number of aromatic nitrogens is 1. The van der Waals surface area contributed by atoms with Crippen LogP contribution in [0.2, 0.25) is 0 Å². The van der Waals surface area contributed by atoms with Crippen molar-refractivity contribution in [1.82, 2.24) is 15.6 Å². The van der Waals surface area contributed by atoms with E-state index in [0.717, 1.165) is 12.8 Å². The first-order chi connectivity index (χ1) is 27.0. The molecule has 1 aromatic heterocycles. The molecule has 57 heavy (non-hydrogen) atoms. The smallest absolute Gasteiger partial charge is 0.415 e. The molecular formula is C41H47N5O11. The van der Waals surface area contributed by atoms with Crippen LogP contribution in [0.25, 0.3) is 17.2 Å². The third kappa shape index (κ3) is 12.0. The Hall–Kier alpha value is -6.58. The van der Waals surface area contributed by atoms with Crippen molar-refractivity contribution < 1.29 is 52.5 Å². The van der Waals surface area contributed by atoms with Crippen LogP contribution in [0.3, 0.4) is 0 Å². The zero-order chi connectivity index (χ0) is 42.0. The van der Waals surface area contributed by atoms with Crippen LogP contribution >= 0.6 is 0 Å². The van der Waals surface area contributed by atoms with Gasteiger partial charge in [0.25, 0.3) is 11.8 Å². The normalized spacial score (nSPS) is 13.1. The first kappa shape index (κ1) is 43.2. The van der Waals surface area contributed by atoms with Crippen molar-refractivity contribution >= 4 is 53.4 Å². The van der Waals surface area contributed by atoms with Gasteiger partial charge in [0, 0.05) is 53.9 Å². The zero-order valence-electron chi connectivity index (χ0n) is 32.8. The molecule has 2 aromatic carbocycles. The molecule has 0 spiro atoms. The minimum Gasteiger partial charge on any atom is -0.496 e. The summed E-state index contributed by atoms with van der Waals surface area (Å²) < 4.78 is 26.3. The number of hydrogen-bond acceptors (Lipinski definition) is 13. The van der Waals surface area contributed by atoms with Crippen molar-refractivity contribution in [2.24, 2.45) is 17.8 Å². The van der Waals surface area contributed by atoms with Gasteiger partial charge in [-0.3, -0.25) is 29.9 Å². The summed E-state index contributed by atoms with van der Waals surface area (Å²) in [6.07, 6.45) is -0.00515. The molecule has 0 bridgehead atoms. The number of esters is 3. The molecule has 16 heteroatoms. The summed E-state index contributed by atoms with van der Waals surface area (Å²) >= 11 is 0. The van der Waals surface area contributed by atoms with Crippen molar-refractivity contribution in [2.45, 2.75) is 67.0 Å².